The number of halogens is 1. The highest BCUT2D eigenvalue weighted by Crippen LogP contribution is 2.31. The fourth-order valence-electron chi connectivity index (χ4n) is 3.00. The van der Waals surface area contributed by atoms with Gasteiger partial charge in [-0.1, -0.05) is 12.1 Å². The third kappa shape index (κ3) is 3.31. The minimum atomic E-state index is -0.290. The van der Waals surface area contributed by atoms with Crippen molar-refractivity contribution >= 4 is 18.3 Å². The molecule has 6 heteroatoms. The van der Waals surface area contributed by atoms with Gasteiger partial charge in [0.05, 0.1) is 12.0 Å². The summed E-state index contributed by atoms with van der Waals surface area (Å²) in [6.45, 7) is 4.71. The first-order chi connectivity index (χ1) is 10.1. The quantitative estimate of drug-likeness (QED) is 0.918. The summed E-state index contributed by atoms with van der Waals surface area (Å²) in [5, 5.41) is 3.26. The van der Waals surface area contributed by atoms with Gasteiger partial charge in [0.1, 0.15) is 6.61 Å². The lowest BCUT2D eigenvalue weighted by atomic mass is 9.88. The van der Waals surface area contributed by atoms with Crippen molar-refractivity contribution in [3.8, 4) is 11.5 Å². The largest absolute Gasteiger partial charge is 0.486 e. The topological polar surface area (TPSA) is 50.8 Å². The fourth-order valence-corrected chi connectivity index (χ4v) is 3.00. The van der Waals surface area contributed by atoms with E-state index in [2.05, 4.69) is 5.32 Å². The first-order valence-electron chi connectivity index (χ1n) is 7.43. The second-order valence-electron chi connectivity index (χ2n) is 6.17. The smallest absolute Gasteiger partial charge is 0.229 e. The number of para-hydroxylation sites is 2. The van der Waals surface area contributed by atoms with Crippen LogP contribution in [-0.2, 0) is 4.79 Å². The SMILES string of the molecule is CN(CC1COc2ccccc2O1)C(=O)C1(C)CCNC1.Cl. The van der Waals surface area contributed by atoms with E-state index in [1.54, 1.807) is 4.90 Å². The van der Waals surface area contributed by atoms with Crippen molar-refractivity contribution < 1.29 is 14.3 Å². The lowest BCUT2D eigenvalue weighted by Gasteiger charge is -2.33. The summed E-state index contributed by atoms with van der Waals surface area (Å²) >= 11 is 0. The number of nitrogens with zero attached hydrogens (tertiary/aromatic N) is 1. The molecule has 1 fully saturated rings. The molecule has 0 saturated carbocycles. The van der Waals surface area contributed by atoms with Gasteiger partial charge in [-0.25, -0.2) is 0 Å². The van der Waals surface area contributed by atoms with Crippen molar-refractivity contribution in [2.24, 2.45) is 5.41 Å². The third-order valence-electron chi connectivity index (χ3n) is 4.28. The lowest BCUT2D eigenvalue weighted by Crippen LogP contribution is -2.47. The Morgan fingerprint density at radius 3 is 2.82 bits per heavy atom. The van der Waals surface area contributed by atoms with Crippen molar-refractivity contribution in [1.82, 2.24) is 10.2 Å². The van der Waals surface area contributed by atoms with Gasteiger partial charge in [-0.05, 0) is 32.0 Å². The van der Waals surface area contributed by atoms with Crippen molar-refractivity contribution in [2.75, 3.05) is 33.3 Å². The number of amides is 1. The molecule has 0 aliphatic carbocycles. The van der Waals surface area contributed by atoms with E-state index in [1.807, 2.05) is 38.2 Å². The van der Waals surface area contributed by atoms with Crippen LogP contribution in [0.5, 0.6) is 11.5 Å². The molecule has 0 radical (unpaired) electrons. The number of rotatable bonds is 3. The normalized spacial score (nSPS) is 26.2. The maximum atomic E-state index is 12.6. The van der Waals surface area contributed by atoms with Crippen molar-refractivity contribution in [2.45, 2.75) is 19.4 Å². The molecule has 2 heterocycles. The van der Waals surface area contributed by atoms with Gasteiger partial charge < -0.3 is 19.7 Å². The number of carbonyl (C=O) groups excluding carboxylic acids is 1. The Kier molecular flexibility index (Phi) is 5.19. The zero-order chi connectivity index (χ0) is 14.9. The molecule has 2 aliphatic rings. The molecule has 22 heavy (non-hydrogen) atoms. The molecule has 5 nitrogen and oxygen atoms in total. The Morgan fingerprint density at radius 1 is 1.41 bits per heavy atom. The molecule has 2 unspecified atom stereocenters. The van der Waals surface area contributed by atoms with E-state index in [4.69, 9.17) is 9.47 Å². The number of benzene rings is 1. The second kappa shape index (κ2) is 6.75. The van der Waals surface area contributed by atoms with Crippen LogP contribution in [0.2, 0.25) is 0 Å². The first kappa shape index (κ1) is 16.9. The predicted octanol–water partition coefficient (Wildman–Crippen LogP) is 1.71. The zero-order valence-corrected chi connectivity index (χ0v) is 13.8. The predicted molar refractivity (Wildman–Crippen MR) is 86.8 cm³/mol. The van der Waals surface area contributed by atoms with Crippen LogP contribution >= 0.6 is 12.4 Å². The molecule has 0 aromatic heterocycles. The van der Waals surface area contributed by atoms with Crippen LogP contribution in [0.4, 0.5) is 0 Å². The molecule has 1 amide bonds. The summed E-state index contributed by atoms with van der Waals surface area (Å²) in [4.78, 5) is 14.3. The van der Waals surface area contributed by atoms with Gasteiger partial charge in [0, 0.05) is 13.6 Å². The van der Waals surface area contributed by atoms with Gasteiger partial charge in [-0.15, -0.1) is 12.4 Å². The van der Waals surface area contributed by atoms with Gasteiger partial charge in [0.15, 0.2) is 17.6 Å². The van der Waals surface area contributed by atoms with Gasteiger partial charge in [-0.2, -0.15) is 0 Å². The molecule has 3 rings (SSSR count). The minimum Gasteiger partial charge on any atom is -0.486 e. The molecule has 0 bridgehead atoms. The lowest BCUT2D eigenvalue weighted by molar-refractivity contribution is -0.140. The molecule has 1 aromatic carbocycles. The number of nitrogens with one attached hydrogen (secondary N) is 1. The van der Waals surface area contributed by atoms with Gasteiger partial charge in [0.25, 0.3) is 0 Å². The monoisotopic (exact) mass is 326 g/mol. The average molecular weight is 327 g/mol. The van der Waals surface area contributed by atoms with Crippen molar-refractivity contribution in [3.63, 3.8) is 0 Å². The zero-order valence-electron chi connectivity index (χ0n) is 13.0. The van der Waals surface area contributed by atoms with Crippen LogP contribution in [0.1, 0.15) is 13.3 Å². The first-order valence-corrected chi connectivity index (χ1v) is 7.43. The van der Waals surface area contributed by atoms with Gasteiger partial charge in [0.2, 0.25) is 5.91 Å². The van der Waals surface area contributed by atoms with E-state index in [-0.39, 0.29) is 29.8 Å². The van der Waals surface area contributed by atoms with Crippen LogP contribution < -0.4 is 14.8 Å². The molecular formula is C16H23ClN2O3. The number of hydrogen-bond donors (Lipinski definition) is 1. The molecule has 1 aromatic rings. The average Bonchev–Trinajstić information content (AvgIpc) is 2.94. The standard InChI is InChI=1S/C16H22N2O3.ClH/c1-16(7-8-17-11-16)15(19)18(2)9-12-10-20-13-5-3-4-6-14(13)21-12;/h3-6,12,17H,7-11H2,1-2H3;1H. The number of likely N-dealkylation sites (N-methyl/N-ethyl adjacent to an activating group) is 1. The van der Waals surface area contributed by atoms with Crippen LogP contribution in [0, 0.1) is 5.41 Å². The van der Waals surface area contributed by atoms with Crippen LogP contribution in [0.15, 0.2) is 24.3 Å². The molecule has 1 saturated heterocycles. The van der Waals surface area contributed by atoms with E-state index in [0.29, 0.717) is 13.2 Å². The highest BCUT2D eigenvalue weighted by molar-refractivity contribution is 5.85. The Balaban J connectivity index is 0.00000176. The van der Waals surface area contributed by atoms with Crippen molar-refractivity contribution in [3.05, 3.63) is 24.3 Å². The molecule has 2 atom stereocenters. The summed E-state index contributed by atoms with van der Waals surface area (Å²) < 4.78 is 11.6. The third-order valence-corrected chi connectivity index (χ3v) is 4.28. The fraction of sp³-hybridized carbons (Fsp3) is 0.562. The van der Waals surface area contributed by atoms with Gasteiger partial charge in [-0.3, -0.25) is 4.79 Å². The summed E-state index contributed by atoms with van der Waals surface area (Å²) in [5.41, 5.74) is -0.290. The summed E-state index contributed by atoms with van der Waals surface area (Å²) in [5.74, 6) is 1.70. The van der Waals surface area contributed by atoms with E-state index >= 15 is 0 Å². The van der Waals surface area contributed by atoms with Gasteiger partial charge >= 0.3 is 0 Å². The summed E-state index contributed by atoms with van der Waals surface area (Å²) in [6.07, 6.45) is 0.771. The number of carbonyl (C=O) groups is 1. The highest BCUT2D eigenvalue weighted by atomic mass is 35.5. The minimum absolute atomic E-state index is 0. The molecule has 2 aliphatic heterocycles. The Hall–Kier alpha value is -1.46. The van der Waals surface area contributed by atoms with E-state index < -0.39 is 0 Å². The summed E-state index contributed by atoms with van der Waals surface area (Å²) in [6, 6.07) is 7.63. The molecular weight excluding hydrogens is 304 g/mol. The van der Waals surface area contributed by atoms with E-state index in [0.717, 1.165) is 31.0 Å². The van der Waals surface area contributed by atoms with Crippen LogP contribution in [0.25, 0.3) is 0 Å². The van der Waals surface area contributed by atoms with Crippen LogP contribution in [0.3, 0.4) is 0 Å². The number of hydrogen-bond acceptors (Lipinski definition) is 4. The van der Waals surface area contributed by atoms with Crippen molar-refractivity contribution in [1.29, 1.82) is 0 Å². The van der Waals surface area contributed by atoms with E-state index in [9.17, 15) is 4.79 Å². The Morgan fingerprint density at radius 2 is 2.14 bits per heavy atom. The summed E-state index contributed by atoms with van der Waals surface area (Å²) in [7, 11) is 1.84. The highest BCUT2D eigenvalue weighted by Gasteiger charge is 2.39. The van der Waals surface area contributed by atoms with E-state index in [1.165, 1.54) is 0 Å². The molecule has 122 valence electrons. The second-order valence-corrected chi connectivity index (χ2v) is 6.17. The number of fused-ring (bicyclic) bond motifs is 1. The molecule has 0 spiro atoms. The van der Waals surface area contributed by atoms with Crippen LogP contribution in [-0.4, -0.2) is 50.2 Å². The number of ether oxygens (including phenoxy) is 2. The molecule has 1 N–H and O–H groups in total. The maximum absolute atomic E-state index is 12.6. The Labute approximate surface area is 137 Å². The maximum Gasteiger partial charge on any atom is 0.229 e. The Bertz CT molecular complexity index is 532.